The zero-order valence-electron chi connectivity index (χ0n) is 20.3. The Kier molecular flexibility index (Phi) is 6.59. The van der Waals surface area contributed by atoms with Gasteiger partial charge in [0.2, 0.25) is 0 Å². The van der Waals surface area contributed by atoms with Crippen molar-refractivity contribution in [1.82, 2.24) is 0 Å². The summed E-state index contributed by atoms with van der Waals surface area (Å²) in [5.41, 5.74) is 1.60. The van der Waals surface area contributed by atoms with E-state index >= 15 is 0 Å². The maximum atomic E-state index is 11.3. The van der Waals surface area contributed by atoms with Crippen molar-refractivity contribution in [1.29, 1.82) is 0 Å². The van der Waals surface area contributed by atoms with Crippen LogP contribution in [-0.4, -0.2) is 44.7 Å². The minimum absolute atomic E-state index is 0.116. The quantitative estimate of drug-likeness (QED) is 0.452. The summed E-state index contributed by atoms with van der Waals surface area (Å²) in [6.07, 6.45) is 9.27. The maximum absolute atomic E-state index is 11.3. The molecule has 4 aliphatic carbocycles. The van der Waals surface area contributed by atoms with Crippen LogP contribution in [0.4, 0.5) is 0 Å². The smallest absolute Gasteiger partial charge is 0.308 e. The van der Waals surface area contributed by atoms with Crippen molar-refractivity contribution in [2.24, 2.45) is 46.3 Å². The number of rotatable bonds is 6. The van der Waals surface area contributed by atoms with Crippen LogP contribution in [-0.2, 0) is 4.79 Å². The number of aliphatic hydroxyl groups excluding tert-OH is 3. The summed E-state index contributed by atoms with van der Waals surface area (Å²) in [4.78, 5) is 11.2. The van der Waals surface area contributed by atoms with Gasteiger partial charge in [-0.15, -0.1) is 0 Å². The number of aliphatic carboxylic acids is 1. The molecule has 0 radical (unpaired) electrons. The fourth-order valence-electron chi connectivity index (χ4n) is 8.65. The van der Waals surface area contributed by atoms with Crippen LogP contribution < -0.4 is 0 Å². The molecule has 0 heterocycles. The van der Waals surface area contributed by atoms with E-state index in [0.717, 1.165) is 44.9 Å². The fourth-order valence-corrected chi connectivity index (χ4v) is 8.65. The van der Waals surface area contributed by atoms with Gasteiger partial charge in [0, 0.05) is 0 Å². The molecule has 4 aliphatic rings. The number of hydrogen-bond donors (Lipinski definition) is 4. The number of carboxylic acid groups (broad SMARTS) is 1. The van der Waals surface area contributed by atoms with Crippen LogP contribution in [0.2, 0.25) is 0 Å². The van der Waals surface area contributed by atoms with Crippen molar-refractivity contribution < 1.29 is 25.2 Å². The molecule has 0 aromatic rings. The van der Waals surface area contributed by atoms with Gasteiger partial charge in [0.05, 0.1) is 24.2 Å². The molecule has 5 heteroatoms. The molecule has 3 fully saturated rings. The van der Waals surface area contributed by atoms with E-state index in [1.807, 2.05) is 0 Å². The highest BCUT2D eigenvalue weighted by molar-refractivity contribution is 5.70. The van der Waals surface area contributed by atoms with Crippen LogP contribution in [0.5, 0.6) is 0 Å². The van der Waals surface area contributed by atoms with Gasteiger partial charge in [-0.3, -0.25) is 4.79 Å². The van der Waals surface area contributed by atoms with E-state index in [1.54, 1.807) is 6.92 Å². The first-order chi connectivity index (χ1) is 15.0. The van der Waals surface area contributed by atoms with Crippen molar-refractivity contribution in [3.63, 3.8) is 0 Å². The highest BCUT2D eigenvalue weighted by Crippen LogP contribution is 2.67. The molecule has 8 unspecified atom stereocenters. The molecule has 0 saturated heterocycles. The molecule has 0 aromatic heterocycles. The lowest BCUT2D eigenvalue weighted by atomic mass is 9.46. The number of fused-ring (bicyclic) bond motifs is 5. The van der Waals surface area contributed by atoms with E-state index in [4.69, 9.17) is 0 Å². The van der Waals surface area contributed by atoms with Crippen LogP contribution in [0, 0.1) is 46.3 Å². The average Bonchev–Trinajstić information content (AvgIpc) is 3.09. The fraction of sp³-hybridized carbons (Fsp3) is 0.889. The largest absolute Gasteiger partial charge is 0.481 e. The molecule has 0 aromatic carbocycles. The number of hydrogen-bond acceptors (Lipinski definition) is 4. The Morgan fingerprint density at radius 3 is 2.47 bits per heavy atom. The summed E-state index contributed by atoms with van der Waals surface area (Å²) in [7, 11) is 0. The zero-order chi connectivity index (χ0) is 23.4. The van der Waals surface area contributed by atoms with Crippen molar-refractivity contribution >= 4 is 5.97 Å². The molecular weight excluding hydrogens is 404 g/mol. The van der Waals surface area contributed by atoms with Crippen molar-refractivity contribution in [3.8, 4) is 0 Å². The minimum Gasteiger partial charge on any atom is -0.481 e. The Balaban J connectivity index is 1.49. The molecule has 3 saturated carbocycles. The van der Waals surface area contributed by atoms with Crippen molar-refractivity contribution in [2.45, 2.75) is 104 Å². The molecule has 0 amide bonds. The second-order valence-corrected chi connectivity index (χ2v) is 12.3. The Bertz CT molecular complexity index is 748. The molecular formula is C27H44O5. The first kappa shape index (κ1) is 24.2. The first-order valence-electron chi connectivity index (χ1n) is 13.0. The third-order valence-electron chi connectivity index (χ3n) is 10.7. The van der Waals surface area contributed by atoms with E-state index in [9.17, 15) is 25.2 Å². The highest BCUT2D eigenvalue weighted by Gasteiger charge is 2.61. The van der Waals surface area contributed by atoms with E-state index in [2.05, 4.69) is 26.8 Å². The van der Waals surface area contributed by atoms with Gasteiger partial charge in [0.1, 0.15) is 0 Å². The topological polar surface area (TPSA) is 98.0 Å². The van der Waals surface area contributed by atoms with Crippen LogP contribution in [0.15, 0.2) is 11.6 Å². The number of carbonyl (C=O) groups is 1. The Morgan fingerprint density at radius 1 is 1.06 bits per heavy atom. The van der Waals surface area contributed by atoms with Gasteiger partial charge in [-0.25, -0.2) is 0 Å². The van der Waals surface area contributed by atoms with Crippen molar-refractivity contribution in [2.75, 3.05) is 0 Å². The lowest BCUT2D eigenvalue weighted by Gasteiger charge is -2.59. The van der Waals surface area contributed by atoms with E-state index < -0.39 is 24.1 Å². The normalized spacial score (nSPS) is 46.3. The summed E-state index contributed by atoms with van der Waals surface area (Å²) in [5.74, 6) is 0.635. The summed E-state index contributed by atoms with van der Waals surface area (Å²) in [5, 5.41) is 40.9. The molecule has 0 spiro atoms. The van der Waals surface area contributed by atoms with Gasteiger partial charge in [-0.2, -0.15) is 0 Å². The Morgan fingerprint density at radius 2 is 1.78 bits per heavy atom. The molecule has 4 rings (SSSR count). The molecule has 182 valence electrons. The van der Waals surface area contributed by atoms with Crippen LogP contribution in [0.3, 0.4) is 0 Å². The van der Waals surface area contributed by atoms with E-state index in [-0.39, 0.29) is 16.9 Å². The van der Waals surface area contributed by atoms with Gasteiger partial charge in [0.25, 0.3) is 0 Å². The summed E-state index contributed by atoms with van der Waals surface area (Å²) < 4.78 is 0. The second kappa shape index (κ2) is 8.70. The molecule has 11 atom stereocenters. The summed E-state index contributed by atoms with van der Waals surface area (Å²) in [6, 6.07) is 0. The third kappa shape index (κ3) is 3.86. The first-order valence-corrected chi connectivity index (χ1v) is 13.0. The average molecular weight is 449 g/mol. The van der Waals surface area contributed by atoms with Gasteiger partial charge in [-0.05, 0) is 105 Å². The standard InChI is InChI=1S/C27H44O5/c1-15(5-8-22(29)16(2)25(31)32)19-6-7-20-24-21(10-12-27(19,20)4)26(3)11-9-18(28)13-17(26)14-23(24)30/h14-16,18-24,28-30H,5-13H2,1-4H3,(H,31,32)/t15?,16-,18+,19?,20?,21?,22?,23+,24?,26?,27?/m1/s1. The monoisotopic (exact) mass is 448 g/mol. The second-order valence-electron chi connectivity index (χ2n) is 12.3. The summed E-state index contributed by atoms with van der Waals surface area (Å²) >= 11 is 0. The minimum atomic E-state index is -0.932. The number of carboxylic acids is 1. The van der Waals surface area contributed by atoms with Crippen LogP contribution in [0.25, 0.3) is 0 Å². The van der Waals surface area contributed by atoms with E-state index in [0.29, 0.717) is 36.0 Å². The maximum Gasteiger partial charge on any atom is 0.308 e. The molecule has 4 N–H and O–H groups in total. The molecule has 0 aliphatic heterocycles. The SMILES string of the molecule is CC(CCC(O)[C@@H](C)C(=O)O)C1CCC2C3C(CCC12C)C1(C)CC[C@H](O)CC1=C[C@@H]3O. The van der Waals surface area contributed by atoms with Gasteiger partial charge in [0.15, 0.2) is 0 Å². The Labute approximate surface area is 193 Å². The molecule has 0 bridgehead atoms. The predicted octanol–water partition coefficient (Wildman–Crippen LogP) is 4.40. The van der Waals surface area contributed by atoms with Gasteiger partial charge in [-0.1, -0.05) is 32.4 Å². The van der Waals surface area contributed by atoms with Gasteiger partial charge >= 0.3 is 5.97 Å². The predicted molar refractivity (Wildman–Crippen MR) is 124 cm³/mol. The number of aliphatic hydroxyl groups is 3. The lowest BCUT2D eigenvalue weighted by Crippen LogP contribution is -2.55. The summed E-state index contributed by atoms with van der Waals surface area (Å²) in [6.45, 7) is 8.69. The van der Waals surface area contributed by atoms with Crippen LogP contribution >= 0.6 is 0 Å². The molecule has 5 nitrogen and oxygen atoms in total. The van der Waals surface area contributed by atoms with E-state index in [1.165, 1.54) is 12.0 Å². The van der Waals surface area contributed by atoms with Crippen molar-refractivity contribution in [3.05, 3.63) is 11.6 Å². The van der Waals surface area contributed by atoms with Gasteiger partial charge < -0.3 is 20.4 Å². The Hall–Kier alpha value is -0.910. The van der Waals surface area contributed by atoms with Crippen LogP contribution in [0.1, 0.15) is 85.5 Å². The third-order valence-corrected chi connectivity index (χ3v) is 10.7. The lowest BCUT2D eigenvalue weighted by molar-refractivity contribution is -0.145. The zero-order valence-corrected chi connectivity index (χ0v) is 20.3. The highest BCUT2D eigenvalue weighted by atomic mass is 16.4. The molecule has 32 heavy (non-hydrogen) atoms.